The van der Waals surface area contributed by atoms with Gasteiger partial charge in [-0.05, 0) is 41.5 Å². The minimum absolute atomic E-state index is 0.143. The highest BCUT2D eigenvalue weighted by molar-refractivity contribution is 9.10. The van der Waals surface area contributed by atoms with Gasteiger partial charge in [-0.25, -0.2) is 4.79 Å². The summed E-state index contributed by atoms with van der Waals surface area (Å²) in [5.41, 5.74) is 1.79. The summed E-state index contributed by atoms with van der Waals surface area (Å²) < 4.78 is 12.0. The average molecular weight is 478 g/mol. The molecule has 1 aliphatic heterocycles. The molecule has 6 nitrogen and oxygen atoms in total. The molecule has 1 fully saturated rings. The monoisotopic (exact) mass is 476 g/mol. The summed E-state index contributed by atoms with van der Waals surface area (Å²) in [6, 6.07) is 10.4. The van der Waals surface area contributed by atoms with E-state index >= 15 is 0 Å². The molecule has 0 atom stereocenters. The zero-order chi connectivity index (χ0) is 21.0. The summed E-state index contributed by atoms with van der Waals surface area (Å²) in [6.07, 6.45) is 3.07. The molecule has 0 radical (unpaired) electrons. The minimum atomic E-state index is -0.479. The third-order valence-electron chi connectivity index (χ3n) is 4.16. The first-order chi connectivity index (χ1) is 13.9. The third-order valence-corrected chi connectivity index (χ3v) is 5.10. The van der Waals surface area contributed by atoms with Gasteiger partial charge in [0.15, 0.2) is 11.5 Å². The third kappa shape index (κ3) is 4.81. The van der Waals surface area contributed by atoms with Crippen LogP contribution in [0.4, 0.5) is 4.79 Å². The second kappa shape index (κ2) is 9.15. The Morgan fingerprint density at radius 2 is 1.93 bits per heavy atom. The van der Waals surface area contributed by atoms with Gasteiger partial charge in [-0.2, -0.15) is 0 Å². The molecule has 8 heteroatoms. The molecule has 0 unspecified atom stereocenters. The Hall–Kier alpha value is -2.77. The van der Waals surface area contributed by atoms with Gasteiger partial charge in [0.25, 0.3) is 5.91 Å². The van der Waals surface area contributed by atoms with Gasteiger partial charge in [-0.1, -0.05) is 45.7 Å². The minimum Gasteiger partial charge on any atom is -0.493 e. The fourth-order valence-corrected chi connectivity index (χ4v) is 3.26. The molecular formula is C21H18BrClN2O4. The van der Waals surface area contributed by atoms with Gasteiger partial charge in [0, 0.05) is 16.0 Å². The lowest BCUT2D eigenvalue weighted by molar-refractivity contribution is -0.122. The van der Waals surface area contributed by atoms with Crippen molar-refractivity contribution >= 4 is 45.5 Å². The molecule has 1 heterocycles. The van der Waals surface area contributed by atoms with Crippen molar-refractivity contribution in [1.29, 1.82) is 0 Å². The normalized spacial score (nSPS) is 14.9. The molecule has 150 valence electrons. The first-order valence-electron chi connectivity index (χ1n) is 8.63. The molecular weight excluding hydrogens is 460 g/mol. The highest BCUT2D eigenvalue weighted by Crippen LogP contribution is 2.35. The number of methoxy groups -OCH3 is 1. The Labute approximate surface area is 181 Å². The van der Waals surface area contributed by atoms with E-state index in [2.05, 4.69) is 27.8 Å². The first-order valence-corrected chi connectivity index (χ1v) is 9.80. The number of nitrogens with one attached hydrogen (secondary N) is 1. The number of hydrogen-bond acceptors (Lipinski definition) is 4. The lowest BCUT2D eigenvalue weighted by Gasteiger charge is -2.13. The Balaban J connectivity index is 1.83. The van der Waals surface area contributed by atoms with E-state index in [9.17, 15) is 9.59 Å². The highest BCUT2D eigenvalue weighted by atomic mass is 79.9. The second-order valence-electron chi connectivity index (χ2n) is 6.13. The SMILES string of the molecule is C=CCN1C(=O)N/C(=C/c2cc(OC)c(OCc3ccc(Cl)cc3)cc2Br)C1=O. The van der Waals surface area contributed by atoms with Crippen molar-refractivity contribution in [2.45, 2.75) is 6.61 Å². The highest BCUT2D eigenvalue weighted by Gasteiger charge is 2.32. The number of urea groups is 1. The van der Waals surface area contributed by atoms with Crippen molar-refractivity contribution in [3.63, 3.8) is 0 Å². The van der Waals surface area contributed by atoms with Crippen molar-refractivity contribution in [3.8, 4) is 11.5 Å². The van der Waals surface area contributed by atoms with Gasteiger partial charge in [0.1, 0.15) is 12.3 Å². The summed E-state index contributed by atoms with van der Waals surface area (Å²) in [5, 5.41) is 3.22. The number of hydrogen-bond donors (Lipinski definition) is 1. The molecule has 1 N–H and O–H groups in total. The number of carbonyl (C=O) groups is 2. The van der Waals surface area contributed by atoms with Gasteiger partial charge < -0.3 is 14.8 Å². The summed E-state index contributed by atoms with van der Waals surface area (Å²) >= 11 is 9.38. The summed E-state index contributed by atoms with van der Waals surface area (Å²) in [4.78, 5) is 25.4. The molecule has 2 aromatic rings. The van der Waals surface area contributed by atoms with Crippen LogP contribution >= 0.6 is 27.5 Å². The molecule has 0 spiro atoms. The number of carbonyl (C=O) groups excluding carboxylic acids is 2. The number of amides is 3. The van der Waals surface area contributed by atoms with Crippen molar-refractivity contribution in [1.82, 2.24) is 10.2 Å². The standard InChI is InChI=1S/C21H18BrClN2O4/c1-3-8-25-20(26)17(24-21(25)27)9-14-10-18(28-2)19(11-16(14)22)29-12-13-4-6-15(23)7-5-13/h3-7,9-11H,1,8,12H2,2H3,(H,24,27)/b17-9+. The topological polar surface area (TPSA) is 67.9 Å². The quantitative estimate of drug-likeness (QED) is 0.354. The first kappa shape index (κ1) is 21.0. The largest absolute Gasteiger partial charge is 0.493 e. The molecule has 3 amide bonds. The van der Waals surface area contributed by atoms with Crippen LogP contribution < -0.4 is 14.8 Å². The number of halogens is 2. The van der Waals surface area contributed by atoms with E-state index in [1.54, 1.807) is 30.3 Å². The predicted molar refractivity (Wildman–Crippen MR) is 115 cm³/mol. The van der Waals surface area contributed by atoms with Crippen molar-refractivity contribution in [3.05, 3.63) is 75.4 Å². The number of ether oxygens (including phenoxy) is 2. The molecule has 3 rings (SSSR count). The molecule has 1 saturated heterocycles. The van der Waals surface area contributed by atoms with Crippen LogP contribution in [0.5, 0.6) is 11.5 Å². The van der Waals surface area contributed by atoms with Crippen LogP contribution in [0, 0.1) is 0 Å². The molecule has 0 bridgehead atoms. The lowest BCUT2D eigenvalue weighted by Crippen LogP contribution is -2.30. The van der Waals surface area contributed by atoms with E-state index in [1.807, 2.05) is 12.1 Å². The Morgan fingerprint density at radius 1 is 1.21 bits per heavy atom. The number of benzene rings is 2. The van der Waals surface area contributed by atoms with Crippen LogP contribution in [0.15, 0.2) is 59.2 Å². The lowest BCUT2D eigenvalue weighted by atomic mass is 10.1. The maximum atomic E-state index is 12.4. The van der Waals surface area contributed by atoms with Crippen LogP contribution in [0.1, 0.15) is 11.1 Å². The average Bonchev–Trinajstić information content (AvgIpc) is 2.97. The van der Waals surface area contributed by atoms with E-state index in [0.717, 1.165) is 10.5 Å². The fourth-order valence-electron chi connectivity index (χ4n) is 2.70. The van der Waals surface area contributed by atoms with E-state index in [-0.39, 0.29) is 12.2 Å². The van der Waals surface area contributed by atoms with Crippen LogP contribution in [0.3, 0.4) is 0 Å². The van der Waals surface area contributed by atoms with Crippen molar-refractivity contribution in [2.24, 2.45) is 0 Å². The molecule has 0 saturated carbocycles. The van der Waals surface area contributed by atoms with E-state index < -0.39 is 11.9 Å². The summed E-state index contributed by atoms with van der Waals surface area (Å²) in [6.45, 7) is 4.04. The van der Waals surface area contributed by atoms with Crippen molar-refractivity contribution < 1.29 is 19.1 Å². The van der Waals surface area contributed by atoms with E-state index in [4.69, 9.17) is 21.1 Å². The Bertz CT molecular complexity index is 989. The van der Waals surface area contributed by atoms with Gasteiger partial charge >= 0.3 is 6.03 Å². The number of nitrogens with zero attached hydrogens (tertiary/aromatic N) is 1. The smallest absolute Gasteiger partial charge is 0.329 e. The summed E-state index contributed by atoms with van der Waals surface area (Å²) in [7, 11) is 1.53. The zero-order valence-electron chi connectivity index (χ0n) is 15.6. The molecule has 1 aliphatic rings. The van der Waals surface area contributed by atoms with E-state index in [1.165, 1.54) is 13.2 Å². The van der Waals surface area contributed by atoms with E-state index in [0.29, 0.717) is 33.2 Å². The molecule has 29 heavy (non-hydrogen) atoms. The van der Waals surface area contributed by atoms with Crippen LogP contribution in [-0.4, -0.2) is 30.5 Å². The molecule has 0 aromatic heterocycles. The molecule has 2 aromatic carbocycles. The van der Waals surface area contributed by atoms with Crippen LogP contribution in [0.2, 0.25) is 5.02 Å². The predicted octanol–water partition coefficient (Wildman–Crippen LogP) is 4.77. The van der Waals surface area contributed by atoms with Gasteiger partial charge in [0.05, 0.1) is 7.11 Å². The Morgan fingerprint density at radius 3 is 2.59 bits per heavy atom. The number of rotatable bonds is 7. The second-order valence-corrected chi connectivity index (χ2v) is 7.42. The van der Waals surface area contributed by atoms with Gasteiger partial charge in [0.2, 0.25) is 0 Å². The maximum absolute atomic E-state index is 12.4. The van der Waals surface area contributed by atoms with Crippen LogP contribution in [-0.2, 0) is 11.4 Å². The van der Waals surface area contributed by atoms with Crippen LogP contribution in [0.25, 0.3) is 6.08 Å². The molecule has 0 aliphatic carbocycles. The fraction of sp³-hybridized carbons (Fsp3) is 0.143. The Kier molecular flexibility index (Phi) is 6.61. The van der Waals surface area contributed by atoms with Gasteiger partial charge in [-0.15, -0.1) is 6.58 Å². The van der Waals surface area contributed by atoms with Crippen molar-refractivity contribution in [2.75, 3.05) is 13.7 Å². The van der Waals surface area contributed by atoms with Gasteiger partial charge in [-0.3, -0.25) is 9.69 Å². The zero-order valence-corrected chi connectivity index (χ0v) is 17.9. The maximum Gasteiger partial charge on any atom is 0.329 e. The summed E-state index contributed by atoms with van der Waals surface area (Å²) in [5.74, 6) is 0.615. The number of imide groups is 1.